The lowest BCUT2D eigenvalue weighted by atomic mass is 9.96. The number of hydrogen-bond donors (Lipinski definition) is 3. The largest absolute Gasteiger partial charge is 0.442 e. The van der Waals surface area contributed by atoms with Crippen molar-refractivity contribution in [2.75, 3.05) is 0 Å². The third-order valence-corrected chi connectivity index (χ3v) is 3.88. The Morgan fingerprint density at radius 2 is 1.20 bits per heavy atom. The van der Waals surface area contributed by atoms with Crippen LogP contribution in [0.5, 0.6) is 0 Å². The molecule has 2 amide bonds. The standard InChI is InChI=1S/C22H40N2O6/c1-20(2,3)23-18(26)28-14-10-11-15(29-19(27)24-21(4,5)6)13-17(16(25)12-14)30-22(7,8)9/h10-11,14-17,25H,12-13H2,1-9H3,(H,23,26)(H,24,27)/b11-10+. The zero-order valence-electron chi connectivity index (χ0n) is 19.9. The van der Waals surface area contributed by atoms with Gasteiger partial charge in [0.05, 0.1) is 17.8 Å². The number of hydrogen-bond acceptors (Lipinski definition) is 6. The molecular weight excluding hydrogens is 388 g/mol. The summed E-state index contributed by atoms with van der Waals surface area (Å²) in [5, 5.41) is 16.2. The summed E-state index contributed by atoms with van der Waals surface area (Å²) in [6.07, 6.45) is -0.195. The molecule has 1 aliphatic rings. The van der Waals surface area contributed by atoms with E-state index in [9.17, 15) is 14.7 Å². The van der Waals surface area contributed by atoms with Crippen LogP contribution in [0.15, 0.2) is 12.2 Å². The molecule has 8 nitrogen and oxygen atoms in total. The first-order valence-electron chi connectivity index (χ1n) is 10.5. The van der Waals surface area contributed by atoms with E-state index in [1.165, 1.54) is 0 Å². The minimum Gasteiger partial charge on any atom is -0.442 e. The van der Waals surface area contributed by atoms with Gasteiger partial charge in [0.2, 0.25) is 0 Å². The van der Waals surface area contributed by atoms with Gasteiger partial charge >= 0.3 is 12.2 Å². The van der Waals surface area contributed by atoms with Crippen LogP contribution in [-0.2, 0) is 14.2 Å². The summed E-state index contributed by atoms with van der Waals surface area (Å²) >= 11 is 0. The van der Waals surface area contributed by atoms with E-state index in [-0.39, 0.29) is 12.8 Å². The summed E-state index contributed by atoms with van der Waals surface area (Å²) in [5.41, 5.74) is -1.40. The van der Waals surface area contributed by atoms with Crippen LogP contribution in [-0.4, -0.2) is 58.4 Å². The van der Waals surface area contributed by atoms with Crippen LogP contribution in [0.3, 0.4) is 0 Å². The van der Waals surface area contributed by atoms with Gasteiger partial charge in [-0.2, -0.15) is 0 Å². The van der Waals surface area contributed by atoms with Crippen molar-refractivity contribution in [3.8, 4) is 0 Å². The van der Waals surface area contributed by atoms with Crippen molar-refractivity contribution in [3.63, 3.8) is 0 Å². The predicted molar refractivity (Wildman–Crippen MR) is 115 cm³/mol. The molecule has 4 atom stereocenters. The molecule has 174 valence electrons. The van der Waals surface area contributed by atoms with Crippen LogP contribution < -0.4 is 10.6 Å². The summed E-state index contributed by atoms with van der Waals surface area (Å²) in [7, 11) is 0. The van der Waals surface area contributed by atoms with Gasteiger partial charge in [-0.3, -0.25) is 0 Å². The summed E-state index contributed by atoms with van der Waals surface area (Å²) < 4.78 is 17.0. The molecule has 0 aromatic rings. The Labute approximate surface area is 180 Å². The number of aliphatic hydroxyl groups is 1. The highest BCUT2D eigenvalue weighted by Gasteiger charge is 2.33. The molecule has 0 aromatic heterocycles. The minimum atomic E-state index is -0.904. The fraction of sp³-hybridized carbons (Fsp3) is 0.818. The molecule has 0 spiro atoms. The number of carbonyl (C=O) groups is 2. The van der Waals surface area contributed by atoms with Crippen molar-refractivity contribution in [2.45, 2.75) is 116 Å². The molecule has 0 aliphatic heterocycles. The topological polar surface area (TPSA) is 106 Å². The van der Waals surface area contributed by atoms with E-state index < -0.39 is 53.3 Å². The predicted octanol–water partition coefficient (Wildman–Crippen LogP) is 3.67. The number of aliphatic hydroxyl groups excluding tert-OH is 1. The van der Waals surface area contributed by atoms with E-state index in [0.29, 0.717) is 0 Å². The summed E-state index contributed by atoms with van der Waals surface area (Å²) in [6, 6.07) is 0. The van der Waals surface area contributed by atoms with E-state index in [0.717, 1.165) is 0 Å². The van der Waals surface area contributed by atoms with Crippen molar-refractivity contribution < 1.29 is 28.9 Å². The monoisotopic (exact) mass is 428 g/mol. The highest BCUT2D eigenvalue weighted by molar-refractivity contribution is 5.69. The Kier molecular flexibility index (Phi) is 8.75. The molecule has 1 rings (SSSR count). The second kappa shape index (κ2) is 10.0. The van der Waals surface area contributed by atoms with E-state index in [1.54, 1.807) is 12.2 Å². The third-order valence-electron chi connectivity index (χ3n) is 3.88. The third kappa shape index (κ3) is 11.4. The molecule has 0 aromatic carbocycles. The lowest BCUT2D eigenvalue weighted by molar-refractivity contribution is -0.129. The lowest BCUT2D eigenvalue weighted by Gasteiger charge is -2.35. The average Bonchev–Trinajstić information content (AvgIpc) is 2.45. The first-order chi connectivity index (χ1) is 13.4. The molecule has 0 saturated carbocycles. The zero-order chi connectivity index (χ0) is 23.3. The first-order valence-corrected chi connectivity index (χ1v) is 10.5. The number of ether oxygens (including phenoxy) is 3. The average molecular weight is 429 g/mol. The minimum absolute atomic E-state index is 0.176. The maximum absolute atomic E-state index is 12.2. The molecule has 0 radical (unpaired) electrons. The normalized spacial score (nSPS) is 26.7. The SMILES string of the molecule is CC(C)(C)NC(=O)OC1/C=C/C(OC(=O)NC(C)(C)C)CC(OC(C)(C)C)C(O)C1. The van der Waals surface area contributed by atoms with Crippen LogP contribution in [0.2, 0.25) is 0 Å². The van der Waals surface area contributed by atoms with E-state index >= 15 is 0 Å². The summed E-state index contributed by atoms with van der Waals surface area (Å²) in [6.45, 7) is 16.8. The second-order valence-corrected chi connectivity index (χ2v) is 10.8. The maximum atomic E-state index is 12.2. The fourth-order valence-corrected chi connectivity index (χ4v) is 2.88. The highest BCUT2D eigenvalue weighted by atomic mass is 16.6. The lowest BCUT2D eigenvalue weighted by Crippen LogP contribution is -2.46. The molecule has 30 heavy (non-hydrogen) atoms. The Morgan fingerprint density at radius 1 is 0.800 bits per heavy atom. The number of nitrogens with one attached hydrogen (secondary N) is 2. The molecule has 8 heteroatoms. The Bertz CT molecular complexity index is 613. The molecule has 0 saturated heterocycles. The quantitative estimate of drug-likeness (QED) is 0.592. The number of carbonyl (C=O) groups excluding carboxylic acids is 2. The molecule has 0 bridgehead atoms. The maximum Gasteiger partial charge on any atom is 0.408 e. The van der Waals surface area contributed by atoms with Crippen molar-refractivity contribution in [3.05, 3.63) is 12.2 Å². The highest BCUT2D eigenvalue weighted by Crippen LogP contribution is 2.25. The van der Waals surface area contributed by atoms with Gasteiger partial charge in [0.25, 0.3) is 0 Å². The fourth-order valence-electron chi connectivity index (χ4n) is 2.88. The van der Waals surface area contributed by atoms with Gasteiger partial charge in [0.15, 0.2) is 0 Å². The molecular formula is C22H40N2O6. The van der Waals surface area contributed by atoms with Crippen molar-refractivity contribution in [2.24, 2.45) is 0 Å². The number of amides is 2. The van der Waals surface area contributed by atoms with Crippen LogP contribution in [0, 0.1) is 0 Å². The first kappa shape index (κ1) is 26.2. The van der Waals surface area contributed by atoms with E-state index in [1.807, 2.05) is 62.3 Å². The van der Waals surface area contributed by atoms with Crippen LogP contribution in [0.4, 0.5) is 9.59 Å². The van der Waals surface area contributed by atoms with Crippen LogP contribution in [0.1, 0.15) is 75.2 Å². The van der Waals surface area contributed by atoms with E-state index in [4.69, 9.17) is 14.2 Å². The van der Waals surface area contributed by atoms with Gasteiger partial charge in [-0.1, -0.05) is 0 Å². The van der Waals surface area contributed by atoms with Crippen molar-refractivity contribution in [1.29, 1.82) is 0 Å². The van der Waals surface area contributed by atoms with Crippen LogP contribution >= 0.6 is 0 Å². The Balaban J connectivity index is 2.99. The smallest absolute Gasteiger partial charge is 0.408 e. The van der Waals surface area contributed by atoms with E-state index in [2.05, 4.69) is 10.6 Å². The molecule has 0 fully saturated rings. The van der Waals surface area contributed by atoms with Gasteiger partial charge in [-0.05, 0) is 74.5 Å². The van der Waals surface area contributed by atoms with Gasteiger partial charge in [-0.25, -0.2) is 9.59 Å². The van der Waals surface area contributed by atoms with Gasteiger partial charge in [0, 0.05) is 23.9 Å². The molecule has 3 N–H and O–H groups in total. The Morgan fingerprint density at radius 3 is 1.57 bits per heavy atom. The van der Waals surface area contributed by atoms with Crippen LogP contribution in [0.25, 0.3) is 0 Å². The van der Waals surface area contributed by atoms with Crippen molar-refractivity contribution >= 4 is 12.2 Å². The molecule has 0 heterocycles. The summed E-state index contributed by atoms with van der Waals surface area (Å²) in [4.78, 5) is 24.4. The van der Waals surface area contributed by atoms with Gasteiger partial charge < -0.3 is 30.0 Å². The Hall–Kier alpha value is -1.80. The van der Waals surface area contributed by atoms with Gasteiger partial charge in [0.1, 0.15) is 12.2 Å². The number of alkyl carbamates (subject to hydrolysis) is 2. The molecule has 4 unspecified atom stereocenters. The zero-order valence-corrected chi connectivity index (χ0v) is 19.9. The van der Waals surface area contributed by atoms with Crippen molar-refractivity contribution in [1.82, 2.24) is 10.6 Å². The van der Waals surface area contributed by atoms with Gasteiger partial charge in [-0.15, -0.1) is 0 Å². The number of rotatable bonds is 3. The summed E-state index contributed by atoms with van der Waals surface area (Å²) in [5.74, 6) is 0. The molecule has 1 aliphatic carbocycles. The second-order valence-electron chi connectivity index (χ2n) is 10.8.